The zero-order valence-corrected chi connectivity index (χ0v) is 7.59. The van der Waals surface area contributed by atoms with Crippen LogP contribution in [0.5, 0.6) is 5.75 Å². The van der Waals surface area contributed by atoms with E-state index in [-0.39, 0.29) is 5.75 Å². The average molecular weight is 186 g/mol. The molecule has 0 spiro atoms. The van der Waals surface area contributed by atoms with Crippen molar-refractivity contribution in [1.29, 1.82) is 0 Å². The maximum atomic E-state index is 12.5. The summed E-state index contributed by atoms with van der Waals surface area (Å²) in [5, 5.41) is 8.97. The molecule has 72 valence electrons. The van der Waals surface area contributed by atoms with E-state index in [0.717, 1.165) is 0 Å². The van der Waals surface area contributed by atoms with Crippen LogP contribution in [0.15, 0.2) is 24.3 Å². The van der Waals surface area contributed by atoms with Gasteiger partial charge in [0.05, 0.1) is 5.41 Å². The number of halogens is 2. The first-order chi connectivity index (χ1) is 5.94. The van der Waals surface area contributed by atoms with Crippen LogP contribution in [-0.4, -0.2) is 11.5 Å². The fourth-order valence-electron chi connectivity index (χ4n) is 1.02. The molecule has 13 heavy (non-hydrogen) atoms. The van der Waals surface area contributed by atoms with Gasteiger partial charge in [-0.2, -0.15) is 0 Å². The fraction of sp³-hybridized carbons (Fsp3) is 0.400. The number of hydrogen-bond acceptors (Lipinski definition) is 1. The monoisotopic (exact) mass is 186 g/mol. The van der Waals surface area contributed by atoms with E-state index < -0.39 is 11.8 Å². The Labute approximate surface area is 76.0 Å². The van der Waals surface area contributed by atoms with Crippen LogP contribution in [0.1, 0.15) is 19.4 Å². The number of aromatic hydroxyl groups is 1. The van der Waals surface area contributed by atoms with Crippen LogP contribution in [-0.2, 0) is 5.41 Å². The average Bonchev–Trinajstić information content (AvgIpc) is 2.04. The summed E-state index contributed by atoms with van der Waals surface area (Å²) in [7, 11) is 0. The van der Waals surface area contributed by atoms with Gasteiger partial charge in [-0.25, -0.2) is 8.78 Å². The van der Waals surface area contributed by atoms with Gasteiger partial charge in [-0.05, 0) is 17.7 Å². The first-order valence-electron chi connectivity index (χ1n) is 4.02. The Morgan fingerprint density at radius 1 is 1.15 bits per heavy atom. The summed E-state index contributed by atoms with van der Waals surface area (Å²) in [6, 6.07) is 5.86. The number of alkyl halides is 2. The van der Waals surface area contributed by atoms with Crippen molar-refractivity contribution in [2.24, 2.45) is 0 Å². The highest BCUT2D eigenvalue weighted by Gasteiger charge is 2.31. The quantitative estimate of drug-likeness (QED) is 0.752. The standard InChI is InChI=1S/C10H12F2O/c1-10(2,9(11)12)7-3-5-8(13)6-4-7/h3-6,9,13H,1-2H3. The molecule has 0 amide bonds. The summed E-state index contributed by atoms with van der Waals surface area (Å²) in [4.78, 5) is 0. The lowest BCUT2D eigenvalue weighted by Crippen LogP contribution is -2.26. The first-order valence-corrected chi connectivity index (χ1v) is 4.02. The molecule has 1 nitrogen and oxygen atoms in total. The van der Waals surface area contributed by atoms with Crippen LogP contribution >= 0.6 is 0 Å². The Hall–Kier alpha value is -1.12. The van der Waals surface area contributed by atoms with E-state index >= 15 is 0 Å². The van der Waals surface area contributed by atoms with Crippen molar-refractivity contribution in [3.05, 3.63) is 29.8 Å². The lowest BCUT2D eigenvalue weighted by atomic mass is 9.85. The second-order valence-electron chi connectivity index (χ2n) is 3.57. The summed E-state index contributed by atoms with van der Waals surface area (Å²) in [5.41, 5.74) is -0.631. The Kier molecular flexibility index (Phi) is 2.55. The van der Waals surface area contributed by atoms with Crippen LogP contribution in [0, 0.1) is 0 Å². The van der Waals surface area contributed by atoms with Crippen LogP contribution in [0.2, 0.25) is 0 Å². The van der Waals surface area contributed by atoms with Gasteiger partial charge in [0.2, 0.25) is 6.43 Å². The van der Waals surface area contributed by atoms with Crippen LogP contribution in [0.25, 0.3) is 0 Å². The summed E-state index contributed by atoms with van der Waals surface area (Å²) in [6.45, 7) is 2.95. The minimum absolute atomic E-state index is 0.0915. The number of phenolic OH excluding ortho intramolecular Hbond substituents is 1. The second-order valence-corrected chi connectivity index (χ2v) is 3.57. The highest BCUT2D eigenvalue weighted by molar-refractivity contribution is 5.31. The molecule has 0 unspecified atom stereocenters. The molecular weight excluding hydrogens is 174 g/mol. The first kappa shape index (κ1) is 9.96. The molecule has 1 N–H and O–H groups in total. The van der Waals surface area contributed by atoms with Crippen molar-refractivity contribution in [1.82, 2.24) is 0 Å². The Morgan fingerprint density at radius 2 is 1.62 bits per heavy atom. The maximum absolute atomic E-state index is 12.5. The van der Waals surface area contributed by atoms with Gasteiger partial charge in [0, 0.05) is 0 Å². The summed E-state index contributed by atoms with van der Waals surface area (Å²) in [5.74, 6) is 0.0915. The third-order valence-electron chi connectivity index (χ3n) is 2.16. The van der Waals surface area contributed by atoms with Gasteiger partial charge < -0.3 is 5.11 Å². The van der Waals surface area contributed by atoms with Gasteiger partial charge in [-0.1, -0.05) is 26.0 Å². The van der Waals surface area contributed by atoms with Crippen LogP contribution < -0.4 is 0 Å². The van der Waals surface area contributed by atoms with E-state index in [1.807, 2.05) is 0 Å². The molecule has 0 aliphatic heterocycles. The second kappa shape index (κ2) is 3.32. The van der Waals surface area contributed by atoms with Crippen molar-refractivity contribution in [3.63, 3.8) is 0 Å². The molecule has 0 aromatic heterocycles. The maximum Gasteiger partial charge on any atom is 0.247 e. The zero-order chi connectivity index (χ0) is 10.1. The van der Waals surface area contributed by atoms with E-state index in [9.17, 15) is 8.78 Å². The van der Waals surface area contributed by atoms with E-state index in [1.165, 1.54) is 38.1 Å². The minimum Gasteiger partial charge on any atom is -0.508 e. The van der Waals surface area contributed by atoms with Gasteiger partial charge in [0.1, 0.15) is 5.75 Å². The van der Waals surface area contributed by atoms with Gasteiger partial charge in [-0.15, -0.1) is 0 Å². The van der Waals surface area contributed by atoms with Gasteiger partial charge in [-0.3, -0.25) is 0 Å². The topological polar surface area (TPSA) is 20.2 Å². The van der Waals surface area contributed by atoms with Crippen LogP contribution in [0.3, 0.4) is 0 Å². The fourth-order valence-corrected chi connectivity index (χ4v) is 1.02. The molecule has 0 aliphatic carbocycles. The number of rotatable bonds is 2. The normalized spacial score (nSPS) is 12.1. The van der Waals surface area contributed by atoms with Gasteiger partial charge in [0.25, 0.3) is 0 Å². The predicted octanol–water partition coefficient (Wildman–Crippen LogP) is 2.93. The molecule has 0 atom stereocenters. The third kappa shape index (κ3) is 1.97. The van der Waals surface area contributed by atoms with Crippen molar-refractivity contribution in [2.75, 3.05) is 0 Å². The Balaban J connectivity index is 3.01. The molecule has 0 saturated heterocycles. The summed E-state index contributed by atoms with van der Waals surface area (Å²) < 4.78 is 25.1. The number of hydrogen-bond donors (Lipinski definition) is 1. The lowest BCUT2D eigenvalue weighted by Gasteiger charge is -2.23. The van der Waals surface area contributed by atoms with Crippen LogP contribution in [0.4, 0.5) is 8.78 Å². The lowest BCUT2D eigenvalue weighted by molar-refractivity contribution is 0.0694. The molecule has 1 aromatic rings. The molecule has 0 bridgehead atoms. The van der Waals surface area contributed by atoms with Crippen molar-refractivity contribution in [2.45, 2.75) is 25.7 Å². The molecule has 1 aromatic carbocycles. The SMILES string of the molecule is CC(C)(c1ccc(O)cc1)C(F)F. The summed E-state index contributed by atoms with van der Waals surface area (Å²) in [6.07, 6.45) is -2.41. The van der Waals surface area contributed by atoms with Crippen molar-refractivity contribution in [3.8, 4) is 5.75 Å². The number of benzene rings is 1. The predicted molar refractivity (Wildman–Crippen MR) is 47.1 cm³/mol. The largest absolute Gasteiger partial charge is 0.508 e. The van der Waals surface area contributed by atoms with Gasteiger partial charge >= 0.3 is 0 Å². The number of phenols is 1. The van der Waals surface area contributed by atoms with E-state index in [2.05, 4.69) is 0 Å². The zero-order valence-electron chi connectivity index (χ0n) is 7.59. The highest BCUT2D eigenvalue weighted by Crippen LogP contribution is 2.30. The highest BCUT2D eigenvalue weighted by atomic mass is 19.3. The van der Waals surface area contributed by atoms with E-state index in [0.29, 0.717) is 5.56 Å². The molecule has 0 saturated carbocycles. The Morgan fingerprint density at radius 3 is 2.00 bits per heavy atom. The molecule has 0 fully saturated rings. The Bertz CT molecular complexity index is 277. The van der Waals surface area contributed by atoms with E-state index in [4.69, 9.17) is 5.11 Å². The third-order valence-corrected chi connectivity index (χ3v) is 2.16. The minimum atomic E-state index is -2.41. The van der Waals surface area contributed by atoms with E-state index in [1.54, 1.807) is 0 Å². The molecule has 0 radical (unpaired) electrons. The summed E-state index contributed by atoms with van der Waals surface area (Å²) >= 11 is 0. The molecule has 3 heteroatoms. The molecule has 0 heterocycles. The van der Waals surface area contributed by atoms with Crippen molar-refractivity contribution < 1.29 is 13.9 Å². The smallest absolute Gasteiger partial charge is 0.247 e. The van der Waals surface area contributed by atoms with Crippen molar-refractivity contribution >= 4 is 0 Å². The van der Waals surface area contributed by atoms with Gasteiger partial charge in [0.15, 0.2) is 0 Å². The molecule has 1 rings (SSSR count). The molecular formula is C10H12F2O. The molecule has 0 aliphatic rings.